The molecule has 2 amide bonds. The zero-order valence-electron chi connectivity index (χ0n) is 18.4. The van der Waals surface area contributed by atoms with E-state index in [1.165, 1.54) is 16.4 Å². The Kier molecular flexibility index (Phi) is 8.40. The number of carbonyl (C=O) groups is 2. The Morgan fingerprint density at radius 2 is 1.82 bits per heavy atom. The number of carbonyl (C=O) groups excluding carboxylic acids is 2. The predicted molar refractivity (Wildman–Crippen MR) is 122 cm³/mol. The molecule has 0 aromatic heterocycles. The van der Waals surface area contributed by atoms with E-state index in [-0.39, 0.29) is 23.5 Å². The number of nitrogens with one attached hydrogen (secondary N) is 2. The number of esters is 1. The molecule has 178 valence electrons. The largest absolute Gasteiger partial charge is 0.462 e. The second-order valence-electron chi connectivity index (χ2n) is 7.77. The van der Waals surface area contributed by atoms with E-state index in [1.807, 2.05) is 0 Å². The summed E-state index contributed by atoms with van der Waals surface area (Å²) in [5.74, 6) is -0.637. The van der Waals surface area contributed by atoms with Crippen LogP contribution in [0, 0.1) is 11.7 Å². The van der Waals surface area contributed by atoms with Gasteiger partial charge in [-0.2, -0.15) is 4.31 Å². The Morgan fingerprint density at radius 3 is 2.48 bits per heavy atom. The molecule has 0 aliphatic carbocycles. The van der Waals surface area contributed by atoms with Gasteiger partial charge < -0.3 is 15.4 Å². The average molecular weight is 478 g/mol. The third-order valence-corrected chi connectivity index (χ3v) is 7.41. The molecule has 10 heteroatoms. The number of halogens is 1. The molecule has 2 aromatic carbocycles. The number of hydrogen-bond acceptors (Lipinski definition) is 5. The van der Waals surface area contributed by atoms with Gasteiger partial charge in [0.2, 0.25) is 10.0 Å². The molecule has 0 spiro atoms. The van der Waals surface area contributed by atoms with Crippen LogP contribution in [0.3, 0.4) is 0 Å². The zero-order chi connectivity index (χ0) is 23.8. The third kappa shape index (κ3) is 6.75. The van der Waals surface area contributed by atoms with Gasteiger partial charge in [0.05, 0.1) is 17.1 Å². The van der Waals surface area contributed by atoms with Crippen molar-refractivity contribution in [1.82, 2.24) is 9.62 Å². The van der Waals surface area contributed by atoms with Gasteiger partial charge >= 0.3 is 12.0 Å². The highest BCUT2D eigenvalue weighted by molar-refractivity contribution is 7.89. The number of urea groups is 1. The maximum atomic E-state index is 13.1. The lowest BCUT2D eigenvalue weighted by atomic mass is 9.95. The highest BCUT2D eigenvalue weighted by Gasteiger charge is 2.29. The van der Waals surface area contributed by atoms with Crippen molar-refractivity contribution in [2.45, 2.75) is 31.1 Å². The summed E-state index contributed by atoms with van der Waals surface area (Å²) >= 11 is 0. The summed E-state index contributed by atoms with van der Waals surface area (Å²) in [6.45, 7) is 3.21. The number of benzene rings is 2. The Bertz CT molecular complexity index is 1070. The molecule has 1 aliphatic heterocycles. The first-order chi connectivity index (χ1) is 15.8. The van der Waals surface area contributed by atoms with Crippen LogP contribution in [0.1, 0.15) is 36.5 Å². The van der Waals surface area contributed by atoms with E-state index >= 15 is 0 Å². The van der Waals surface area contributed by atoms with E-state index in [0.29, 0.717) is 43.7 Å². The number of hydrogen-bond donors (Lipinski definition) is 2. The maximum Gasteiger partial charge on any atom is 0.338 e. The van der Waals surface area contributed by atoms with Crippen molar-refractivity contribution in [3.8, 4) is 0 Å². The number of ether oxygens (including phenoxy) is 1. The van der Waals surface area contributed by atoms with Crippen molar-refractivity contribution >= 4 is 27.7 Å². The van der Waals surface area contributed by atoms with Gasteiger partial charge in [-0.1, -0.05) is 6.07 Å². The van der Waals surface area contributed by atoms with Crippen LogP contribution in [-0.4, -0.2) is 51.0 Å². The minimum Gasteiger partial charge on any atom is -0.462 e. The maximum absolute atomic E-state index is 13.1. The van der Waals surface area contributed by atoms with Crippen LogP contribution in [-0.2, 0) is 14.8 Å². The van der Waals surface area contributed by atoms with Crippen molar-refractivity contribution in [3.63, 3.8) is 0 Å². The van der Waals surface area contributed by atoms with E-state index < -0.39 is 21.8 Å². The SMILES string of the molecule is CCOC(=O)c1cccc(NC(=O)NCCC2CCN(S(=O)(=O)c3ccc(F)cc3)CC2)c1. The minimum atomic E-state index is -3.63. The molecule has 1 saturated heterocycles. The Morgan fingerprint density at radius 1 is 1.12 bits per heavy atom. The Labute approximate surface area is 193 Å². The highest BCUT2D eigenvalue weighted by Crippen LogP contribution is 2.25. The van der Waals surface area contributed by atoms with Crippen LogP contribution in [0.5, 0.6) is 0 Å². The van der Waals surface area contributed by atoms with Gasteiger partial charge in [0.25, 0.3) is 0 Å². The molecule has 1 aliphatic rings. The lowest BCUT2D eigenvalue weighted by Gasteiger charge is -2.31. The minimum absolute atomic E-state index is 0.0905. The van der Waals surface area contributed by atoms with Crippen molar-refractivity contribution < 1.29 is 27.1 Å². The molecule has 2 N–H and O–H groups in total. The lowest BCUT2D eigenvalue weighted by Crippen LogP contribution is -2.39. The number of nitrogens with zero attached hydrogens (tertiary/aromatic N) is 1. The average Bonchev–Trinajstić information content (AvgIpc) is 2.80. The molecule has 2 aromatic rings. The number of sulfonamides is 1. The normalized spacial score (nSPS) is 15.1. The van der Waals surface area contributed by atoms with Crippen LogP contribution >= 0.6 is 0 Å². The molecule has 33 heavy (non-hydrogen) atoms. The van der Waals surface area contributed by atoms with Crippen LogP contribution in [0.4, 0.5) is 14.9 Å². The summed E-state index contributed by atoms with van der Waals surface area (Å²) in [4.78, 5) is 24.1. The molecular weight excluding hydrogens is 449 g/mol. The first-order valence-electron chi connectivity index (χ1n) is 10.9. The summed E-state index contributed by atoms with van der Waals surface area (Å²) < 4.78 is 44.8. The van der Waals surface area contributed by atoms with Crippen LogP contribution < -0.4 is 10.6 Å². The monoisotopic (exact) mass is 477 g/mol. The second-order valence-corrected chi connectivity index (χ2v) is 9.71. The van der Waals surface area contributed by atoms with Gasteiger partial charge in [-0.05, 0) is 74.6 Å². The van der Waals surface area contributed by atoms with E-state index in [9.17, 15) is 22.4 Å². The quantitative estimate of drug-likeness (QED) is 0.565. The lowest BCUT2D eigenvalue weighted by molar-refractivity contribution is 0.0526. The molecule has 1 heterocycles. The zero-order valence-corrected chi connectivity index (χ0v) is 19.2. The molecular formula is C23H28FN3O5S. The van der Waals surface area contributed by atoms with E-state index in [4.69, 9.17) is 4.74 Å². The number of anilines is 1. The molecule has 0 unspecified atom stereocenters. The summed E-state index contributed by atoms with van der Waals surface area (Å²) in [6, 6.07) is 11.0. The molecule has 0 bridgehead atoms. The van der Waals surface area contributed by atoms with Crippen molar-refractivity contribution in [3.05, 3.63) is 59.9 Å². The van der Waals surface area contributed by atoms with E-state index in [1.54, 1.807) is 31.2 Å². The summed E-state index contributed by atoms with van der Waals surface area (Å²) in [6.07, 6.45) is 2.09. The molecule has 0 atom stereocenters. The topological polar surface area (TPSA) is 105 Å². The standard InChI is InChI=1S/C23H28FN3O5S/c1-2-32-22(28)18-4-3-5-20(16-18)26-23(29)25-13-10-17-11-14-27(15-12-17)33(30,31)21-8-6-19(24)7-9-21/h3-9,16-17H,2,10-15H2,1H3,(H2,25,26,29). The second kappa shape index (κ2) is 11.2. The molecule has 8 nitrogen and oxygen atoms in total. The summed E-state index contributed by atoms with van der Waals surface area (Å²) in [5.41, 5.74) is 0.842. The summed E-state index contributed by atoms with van der Waals surface area (Å²) in [5, 5.41) is 5.49. The fraction of sp³-hybridized carbons (Fsp3) is 0.391. The van der Waals surface area contributed by atoms with Crippen molar-refractivity contribution in [1.29, 1.82) is 0 Å². The molecule has 3 rings (SSSR count). The summed E-state index contributed by atoms with van der Waals surface area (Å²) in [7, 11) is -3.63. The Balaban J connectivity index is 1.41. The first-order valence-corrected chi connectivity index (χ1v) is 12.3. The molecule has 0 radical (unpaired) electrons. The van der Waals surface area contributed by atoms with E-state index in [2.05, 4.69) is 10.6 Å². The fourth-order valence-corrected chi connectivity index (χ4v) is 5.17. The predicted octanol–water partition coefficient (Wildman–Crippen LogP) is 3.61. The first kappa shape index (κ1) is 24.7. The van der Waals surface area contributed by atoms with Crippen LogP contribution in [0.2, 0.25) is 0 Å². The molecule has 0 saturated carbocycles. The highest BCUT2D eigenvalue weighted by atomic mass is 32.2. The Hall–Kier alpha value is -2.98. The van der Waals surface area contributed by atoms with Gasteiger partial charge in [-0.25, -0.2) is 22.4 Å². The van der Waals surface area contributed by atoms with Crippen molar-refractivity contribution in [2.75, 3.05) is 31.6 Å². The van der Waals surface area contributed by atoms with Crippen LogP contribution in [0.25, 0.3) is 0 Å². The van der Waals surface area contributed by atoms with Gasteiger partial charge in [-0.3, -0.25) is 0 Å². The third-order valence-electron chi connectivity index (χ3n) is 5.49. The van der Waals surface area contributed by atoms with Gasteiger partial charge in [0, 0.05) is 25.3 Å². The number of amides is 2. The van der Waals surface area contributed by atoms with Crippen LogP contribution in [0.15, 0.2) is 53.4 Å². The van der Waals surface area contributed by atoms with Gasteiger partial charge in [0.1, 0.15) is 5.82 Å². The smallest absolute Gasteiger partial charge is 0.338 e. The number of rotatable bonds is 8. The van der Waals surface area contributed by atoms with Crippen molar-refractivity contribution in [2.24, 2.45) is 5.92 Å². The fourth-order valence-electron chi connectivity index (χ4n) is 3.70. The number of piperidine rings is 1. The van der Waals surface area contributed by atoms with Gasteiger partial charge in [-0.15, -0.1) is 0 Å². The molecule has 1 fully saturated rings. The van der Waals surface area contributed by atoms with Gasteiger partial charge in [0.15, 0.2) is 0 Å². The van der Waals surface area contributed by atoms with E-state index in [0.717, 1.165) is 18.6 Å².